The number of nitrogens with one attached hydrogen (secondary N) is 10. The van der Waals surface area contributed by atoms with E-state index in [1.807, 2.05) is 0 Å². The number of aromatic hydroxyl groups is 2. The van der Waals surface area contributed by atoms with Crippen molar-refractivity contribution in [3.8, 4) is 11.5 Å². The zero-order valence-corrected chi connectivity index (χ0v) is 77.3. The predicted molar refractivity (Wildman–Crippen MR) is 494 cm³/mol. The molecular formula is C96H115F3N16O21S. The molecule has 0 saturated carbocycles. The van der Waals surface area contributed by atoms with Crippen molar-refractivity contribution < 1.29 is 115 Å². The SMILES string of the molecule is CCCC[C@H]1C(=O)N2CCC[C@@H]2C(=O)N[C@@H](CC(=O)O)C(=O)N[C@@H](C(C)C)C(=O)N(C)[C@@H](Cc2ccccc2)C(=O)N[C@@H](Cc2ccc(O)cc2)C(=O)N2CCC[C@@H]2C(=O)N[C@@H](Cc2c[nH]c3ccccc23)C(=O)N[C@@H](Cc2ccc(O)cc2)C(=O)N[C@@H](CCC(=O)O)C(=O)N[C@H](C(=O)NCC(N)=O)CSCC(=O)N[C@@H](Cc2cc(F)c(F)c(F)c2)C(=O)N(C)[C@@H](Cc2ccccc2)C(=O)N1C. The summed E-state index contributed by atoms with van der Waals surface area (Å²) in [6, 6.07) is 13.7. The summed E-state index contributed by atoms with van der Waals surface area (Å²) in [4.78, 5) is 259. The summed E-state index contributed by atoms with van der Waals surface area (Å²) >= 11 is 0.588. The highest BCUT2D eigenvalue weighted by molar-refractivity contribution is 8.00. The molecule has 13 atom stereocenters. The Morgan fingerprint density at radius 3 is 1.52 bits per heavy atom. The van der Waals surface area contributed by atoms with Crippen molar-refractivity contribution in [1.82, 2.24) is 77.3 Å². The van der Waals surface area contributed by atoms with Gasteiger partial charge >= 0.3 is 11.9 Å². The summed E-state index contributed by atoms with van der Waals surface area (Å²) in [5.41, 5.74) is 7.64. The minimum atomic E-state index is -1.96. The molecule has 0 bridgehead atoms. The van der Waals surface area contributed by atoms with Gasteiger partial charge in [0, 0.05) is 102 Å². The minimum absolute atomic E-state index is 0.0377. The Labute approximate surface area is 791 Å². The number of para-hydroxylation sites is 1. The maximum absolute atomic E-state index is 15.8. The van der Waals surface area contributed by atoms with Crippen molar-refractivity contribution in [3.63, 3.8) is 0 Å². The number of carbonyl (C=O) groups excluding carboxylic acids is 15. The molecule has 3 fully saturated rings. The van der Waals surface area contributed by atoms with Gasteiger partial charge in [-0.3, -0.25) is 81.5 Å². The lowest BCUT2D eigenvalue weighted by Gasteiger charge is -2.38. The first-order chi connectivity index (χ1) is 65.3. The van der Waals surface area contributed by atoms with E-state index in [0.717, 1.165) is 14.7 Å². The molecule has 0 aliphatic carbocycles. The maximum Gasteiger partial charge on any atom is 0.305 e. The summed E-state index contributed by atoms with van der Waals surface area (Å²) in [7, 11) is 3.71. The van der Waals surface area contributed by atoms with Crippen LogP contribution < -0.4 is 53.6 Å². The van der Waals surface area contributed by atoms with Gasteiger partial charge in [-0.05, 0) is 120 Å². The van der Waals surface area contributed by atoms with Gasteiger partial charge in [-0.25, -0.2) is 13.2 Å². The molecule has 0 spiro atoms. The average Bonchev–Trinajstić information content (AvgIpc) is 1.76. The van der Waals surface area contributed by atoms with Crippen LogP contribution >= 0.6 is 11.8 Å². The monoisotopic (exact) mass is 1920 g/mol. The Hall–Kier alpha value is -14.4. The fourth-order valence-electron chi connectivity index (χ4n) is 16.8. The summed E-state index contributed by atoms with van der Waals surface area (Å²) in [5.74, 6) is -26.4. The molecule has 3 saturated heterocycles. The number of likely N-dealkylation sites (N-methyl/N-ethyl adjacent to an activating group) is 3. The average molecular weight is 1920 g/mol. The van der Waals surface area contributed by atoms with Gasteiger partial charge < -0.3 is 103 Å². The van der Waals surface area contributed by atoms with Crippen LogP contribution in [0, 0.1) is 23.4 Å². The van der Waals surface area contributed by atoms with E-state index in [4.69, 9.17) is 5.73 Å². The van der Waals surface area contributed by atoms with Crippen molar-refractivity contribution in [1.29, 1.82) is 0 Å². The molecule has 137 heavy (non-hydrogen) atoms. The smallest absolute Gasteiger partial charge is 0.305 e. The molecule has 15 amide bonds. The fraction of sp³-hybridized carbons (Fsp3) is 0.427. The number of H-pyrrole nitrogens is 1. The fourth-order valence-corrected chi connectivity index (χ4v) is 17.7. The van der Waals surface area contributed by atoms with E-state index in [1.54, 1.807) is 112 Å². The maximum atomic E-state index is 15.8. The lowest BCUT2D eigenvalue weighted by Crippen LogP contribution is -2.62. The van der Waals surface area contributed by atoms with Crippen molar-refractivity contribution in [2.45, 2.75) is 202 Å². The first kappa shape index (κ1) is 105. The van der Waals surface area contributed by atoms with Gasteiger partial charge in [0.2, 0.25) is 88.6 Å². The molecular weight excluding hydrogens is 1800 g/mol. The third-order valence-corrected chi connectivity index (χ3v) is 25.4. The molecule has 10 rings (SSSR count). The van der Waals surface area contributed by atoms with Crippen molar-refractivity contribution in [2.75, 3.05) is 52.3 Å². The molecule has 6 aromatic carbocycles. The van der Waals surface area contributed by atoms with Gasteiger partial charge in [-0.2, -0.15) is 0 Å². The van der Waals surface area contributed by atoms with Gasteiger partial charge in [-0.15, -0.1) is 11.8 Å². The number of unbranched alkanes of at least 4 members (excludes halogenated alkanes) is 1. The van der Waals surface area contributed by atoms with Crippen LogP contribution in [0.3, 0.4) is 0 Å². The van der Waals surface area contributed by atoms with E-state index in [-0.39, 0.29) is 94.4 Å². The van der Waals surface area contributed by atoms with Crippen LogP contribution in [0.5, 0.6) is 11.5 Å². The van der Waals surface area contributed by atoms with Crippen molar-refractivity contribution in [3.05, 3.63) is 203 Å². The van der Waals surface area contributed by atoms with E-state index in [1.165, 1.54) is 79.5 Å². The number of primary amides is 1. The quantitative estimate of drug-likeness (QED) is 0.0387. The van der Waals surface area contributed by atoms with E-state index in [2.05, 4.69) is 52.8 Å². The number of phenolic OH excluding ortho intramolecular Hbond substituents is 2. The van der Waals surface area contributed by atoms with Crippen LogP contribution in [0.15, 0.2) is 152 Å². The molecule has 16 N–H and O–H groups in total. The number of hydrogen-bond donors (Lipinski definition) is 15. The van der Waals surface area contributed by atoms with Crippen molar-refractivity contribution in [2.24, 2.45) is 11.7 Å². The zero-order valence-electron chi connectivity index (χ0n) is 76.5. The number of phenols is 2. The third kappa shape index (κ3) is 28.8. The summed E-state index contributed by atoms with van der Waals surface area (Å²) < 4.78 is 45.1. The highest BCUT2D eigenvalue weighted by Crippen LogP contribution is 2.29. The Bertz CT molecular complexity index is 5530. The van der Waals surface area contributed by atoms with E-state index >= 15 is 51.9 Å². The van der Waals surface area contributed by atoms with Gasteiger partial charge in [0.15, 0.2) is 17.5 Å². The number of carboxylic acid groups (broad SMARTS) is 2. The second kappa shape index (κ2) is 49.2. The molecule has 732 valence electrons. The summed E-state index contributed by atoms with van der Waals surface area (Å²) in [5, 5.41) is 65.1. The number of thioether (sulfide) groups is 1. The Kier molecular flexibility index (Phi) is 37.6. The minimum Gasteiger partial charge on any atom is -0.508 e. The number of carboxylic acids is 2. The molecule has 1 aromatic heterocycles. The Morgan fingerprint density at radius 1 is 0.482 bits per heavy atom. The first-order valence-electron chi connectivity index (χ1n) is 45.0. The predicted octanol–water partition coefficient (Wildman–Crippen LogP) is 2.63. The molecule has 37 nitrogen and oxygen atoms in total. The highest BCUT2D eigenvalue weighted by Gasteiger charge is 2.47. The summed E-state index contributed by atoms with van der Waals surface area (Å²) in [6.45, 7) is 3.81. The molecule has 0 unspecified atom stereocenters. The number of nitrogens with two attached hydrogens (primary N) is 1. The number of halogens is 3. The largest absolute Gasteiger partial charge is 0.508 e. The van der Waals surface area contributed by atoms with Gasteiger partial charge in [0.1, 0.15) is 90.0 Å². The number of aliphatic carboxylic acids is 2. The second-order valence-electron chi connectivity index (χ2n) is 34.6. The zero-order chi connectivity index (χ0) is 99.6. The number of aromatic amines is 1. The Balaban J connectivity index is 1.06. The number of hydrogen-bond acceptors (Lipinski definition) is 20. The van der Waals surface area contributed by atoms with Gasteiger partial charge in [0.05, 0.1) is 18.7 Å². The number of amides is 15. The standard InChI is InChI=1S/C96H115F3N16O21S/c1-7-8-25-75-95(135)115-39-18-27-74(115)90(130)107-69(48-81(122)123)88(128)110-83(53(2)3)96(136)112(5)76(45-54-19-11-9-12-20-54)91(131)108-71(43-57-30-34-61(117)35-31-57)93(133)114-38-17-26-73(114)89(129)106-68(47-59-49-101-65-24-16-15-23-62(59)65)87(127)105-67(42-56-28-32-60(116)33-29-56)86(126)104-66(36-37-80(120)121)85(125)109-72(84(124)102-50-78(100)118)51-137-52-79(119)103-70(44-58-40-63(97)82(99)64(98)41-58)92(132)113(6)77(94(134)111(75)4)46-55-21-13-10-14-22-55/h9-16,19-24,28-35,40-41,49,53,66-77,83,101,116-117H,7-8,17-18,25-27,36-39,42-48,50-52H2,1-6H3,(H2,100,118)(H,102,124)(H,103,119)(H,104,126)(H,105,127)(H,106,129)(H,107,130)(H,108,131)(H,109,125)(H,110,128)(H,120,121)(H,122,123)/t66-,67-,68-,69-,70-,71-,72-,73+,74+,75-,76-,77-,83-/m0/s1. The van der Waals surface area contributed by atoms with Crippen LogP contribution in [0.4, 0.5) is 13.2 Å². The lowest BCUT2D eigenvalue weighted by molar-refractivity contribution is -0.152. The Morgan fingerprint density at radius 2 is 0.956 bits per heavy atom. The lowest BCUT2D eigenvalue weighted by atomic mass is 9.98. The number of benzene rings is 6. The molecule has 4 heterocycles. The van der Waals surface area contributed by atoms with E-state index < -0.39 is 258 Å². The van der Waals surface area contributed by atoms with Crippen LogP contribution in [-0.2, 0) is 120 Å². The van der Waals surface area contributed by atoms with Crippen LogP contribution in [0.2, 0.25) is 0 Å². The number of fused-ring (bicyclic) bond motifs is 3. The van der Waals surface area contributed by atoms with Crippen LogP contribution in [0.1, 0.15) is 118 Å². The van der Waals surface area contributed by atoms with Crippen LogP contribution in [-0.4, -0.2) is 281 Å². The number of nitrogens with zero attached hydrogens (tertiary/aromatic N) is 5. The van der Waals surface area contributed by atoms with Crippen LogP contribution in [0.25, 0.3) is 10.9 Å². The molecule has 0 radical (unpaired) electrons. The number of carbonyl (C=O) groups is 17. The first-order valence-corrected chi connectivity index (χ1v) is 46.2. The molecule has 41 heteroatoms. The van der Waals surface area contributed by atoms with Gasteiger partial charge in [-0.1, -0.05) is 137 Å². The van der Waals surface area contributed by atoms with Gasteiger partial charge in [0.25, 0.3) is 0 Å². The molecule has 3 aliphatic heterocycles. The second-order valence-corrected chi connectivity index (χ2v) is 35.7. The molecule has 3 aliphatic rings. The van der Waals surface area contributed by atoms with E-state index in [9.17, 15) is 63.2 Å². The number of rotatable bonds is 24. The molecule has 7 aromatic rings. The topological polar surface area (TPSA) is 537 Å². The van der Waals surface area contributed by atoms with Crippen molar-refractivity contribution >= 4 is 123 Å². The summed E-state index contributed by atoms with van der Waals surface area (Å²) in [6.07, 6.45) is -2.67. The van der Waals surface area contributed by atoms with E-state index in [0.29, 0.717) is 63.5 Å². The number of aromatic nitrogens is 1. The normalized spacial score (nSPS) is 23.2. The highest BCUT2D eigenvalue weighted by atomic mass is 32.2. The third-order valence-electron chi connectivity index (χ3n) is 24.3.